The van der Waals surface area contributed by atoms with Crippen LogP contribution in [0, 0.1) is 16.0 Å². The van der Waals surface area contributed by atoms with Gasteiger partial charge in [-0.25, -0.2) is 5.43 Å². The van der Waals surface area contributed by atoms with E-state index in [1.54, 1.807) is 12.1 Å². The van der Waals surface area contributed by atoms with Crippen molar-refractivity contribution in [2.24, 2.45) is 11.0 Å². The lowest BCUT2D eigenvalue weighted by Crippen LogP contribution is -3.11. The van der Waals surface area contributed by atoms with Gasteiger partial charge >= 0.3 is 0 Å². The molecule has 1 fully saturated rings. The van der Waals surface area contributed by atoms with Gasteiger partial charge in [0.15, 0.2) is 0 Å². The molecule has 28 heavy (non-hydrogen) atoms. The quantitative estimate of drug-likeness (QED) is 0.455. The third kappa shape index (κ3) is 5.23. The summed E-state index contributed by atoms with van der Waals surface area (Å²) in [6, 6.07) is 16.5. The van der Waals surface area contributed by atoms with Gasteiger partial charge in [-0.2, -0.15) is 5.10 Å². The van der Waals surface area contributed by atoms with Crippen molar-refractivity contribution in [3.05, 3.63) is 75.8 Å². The van der Waals surface area contributed by atoms with Crippen LogP contribution < -0.4 is 10.3 Å². The van der Waals surface area contributed by atoms with Crippen LogP contribution in [0.3, 0.4) is 0 Å². The molecule has 0 aliphatic carbocycles. The van der Waals surface area contributed by atoms with E-state index in [2.05, 4.69) is 10.5 Å². The fourth-order valence-corrected chi connectivity index (χ4v) is 3.46. The molecule has 146 valence electrons. The fourth-order valence-electron chi connectivity index (χ4n) is 3.46. The first-order valence-electron chi connectivity index (χ1n) is 9.49. The zero-order valence-corrected chi connectivity index (χ0v) is 15.9. The number of hydrazone groups is 1. The Bertz CT molecular complexity index is 842. The fraction of sp³-hybridized carbons (Fsp3) is 0.333. The molecule has 1 amide bonds. The summed E-state index contributed by atoms with van der Waals surface area (Å²) in [6.45, 7) is 4.50. The molecule has 7 nitrogen and oxygen atoms in total. The van der Waals surface area contributed by atoms with E-state index in [0.29, 0.717) is 0 Å². The molecule has 0 spiro atoms. The molecule has 0 saturated carbocycles. The SMILES string of the molecule is C/C(=N/NC(=O)C1CC[NH+](Cc2ccc([N+](=O)[O-])cc2)CC1)c1ccccc1. The number of nitrogens with zero attached hydrogens (tertiary/aromatic N) is 2. The lowest BCUT2D eigenvalue weighted by atomic mass is 9.96. The van der Waals surface area contributed by atoms with Gasteiger partial charge in [0.05, 0.1) is 29.6 Å². The molecule has 7 heteroatoms. The Hall–Kier alpha value is -3.06. The van der Waals surface area contributed by atoms with Crippen LogP contribution in [0.25, 0.3) is 0 Å². The van der Waals surface area contributed by atoms with E-state index in [-0.39, 0.29) is 22.4 Å². The summed E-state index contributed by atoms with van der Waals surface area (Å²) in [5.74, 6) is -0.0439. The highest BCUT2D eigenvalue weighted by atomic mass is 16.6. The molecule has 0 aromatic heterocycles. The van der Waals surface area contributed by atoms with Crippen LogP contribution in [-0.2, 0) is 11.3 Å². The first-order chi connectivity index (χ1) is 13.5. The number of nitrogens with one attached hydrogen (secondary N) is 2. The predicted molar refractivity (Wildman–Crippen MR) is 107 cm³/mol. The molecular formula is C21H25N4O3+. The zero-order valence-electron chi connectivity index (χ0n) is 15.9. The number of quaternary nitrogens is 1. The molecule has 3 rings (SSSR count). The molecule has 1 aliphatic rings. The van der Waals surface area contributed by atoms with E-state index in [9.17, 15) is 14.9 Å². The predicted octanol–water partition coefficient (Wildman–Crippen LogP) is 1.93. The second-order valence-corrected chi connectivity index (χ2v) is 7.16. The van der Waals surface area contributed by atoms with E-state index in [0.717, 1.165) is 49.3 Å². The zero-order chi connectivity index (χ0) is 19.9. The van der Waals surface area contributed by atoms with Crippen LogP contribution in [0.4, 0.5) is 5.69 Å². The Morgan fingerprint density at radius 1 is 1.14 bits per heavy atom. The van der Waals surface area contributed by atoms with Crippen LogP contribution in [-0.4, -0.2) is 29.6 Å². The Labute approximate surface area is 164 Å². The summed E-state index contributed by atoms with van der Waals surface area (Å²) in [5, 5.41) is 15.0. The lowest BCUT2D eigenvalue weighted by Gasteiger charge is -2.28. The summed E-state index contributed by atoms with van der Waals surface area (Å²) in [6.07, 6.45) is 1.63. The van der Waals surface area contributed by atoms with Gasteiger partial charge in [0, 0.05) is 30.5 Å². The van der Waals surface area contributed by atoms with Crippen LogP contribution in [0.2, 0.25) is 0 Å². The van der Waals surface area contributed by atoms with Gasteiger partial charge < -0.3 is 4.90 Å². The van der Waals surface area contributed by atoms with Gasteiger partial charge in [0.1, 0.15) is 6.54 Å². The van der Waals surface area contributed by atoms with Crippen molar-refractivity contribution in [3.8, 4) is 0 Å². The van der Waals surface area contributed by atoms with Gasteiger partial charge in [0.25, 0.3) is 5.69 Å². The number of non-ortho nitro benzene ring substituents is 1. The average molecular weight is 381 g/mol. The summed E-state index contributed by atoms with van der Waals surface area (Å²) >= 11 is 0. The molecule has 0 unspecified atom stereocenters. The normalized spacial score (nSPS) is 19.8. The Kier molecular flexibility index (Phi) is 6.49. The van der Waals surface area contributed by atoms with Crippen LogP contribution in [0.1, 0.15) is 30.9 Å². The molecule has 0 bridgehead atoms. The minimum atomic E-state index is -0.386. The second-order valence-electron chi connectivity index (χ2n) is 7.16. The number of nitro groups is 1. The molecular weight excluding hydrogens is 356 g/mol. The van der Waals surface area contributed by atoms with Crippen molar-refractivity contribution in [2.45, 2.75) is 26.3 Å². The molecule has 2 aromatic carbocycles. The number of nitro benzene ring substituents is 1. The van der Waals surface area contributed by atoms with Crippen LogP contribution >= 0.6 is 0 Å². The first-order valence-corrected chi connectivity index (χ1v) is 9.49. The number of amides is 1. The molecule has 1 heterocycles. The standard InChI is InChI=1S/C21H24N4O3/c1-16(18-5-3-2-4-6-18)22-23-21(26)19-11-13-24(14-12-19)15-17-7-9-20(10-8-17)25(27)28/h2-10,19H,11-15H2,1H3,(H,23,26)/p+1/b22-16-. The number of hydrogen-bond acceptors (Lipinski definition) is 4. The topological polar surface area (TPSA) is 89.0 Å². The largest absolute Gasteiger partial charge is 0.331 e. The Morgan fingerprint density at radius 3 is 2.39 bits per heavy atom. The number of carbonyl (C=O) groups is 1. The van der Waals surface area contributed by atoms with Crippen molar-refractivity contribution in [3.63, 3.8) is 0 Å². The third-order valence-corrected chi connectivity index (χ3v) is 5.19. The molecule has 0 atom stereocenters. The Morgan fingerprint density at radius 2 is 1.79 bits per heavy atom. The minimum Gasteiger partial charge on any atom is -0.331 e. The maximum Gasteiger partial charge on any atom is 0.269 e. The summed E-state index contributed by atoms with van der Waals surface area (Å²) in [4.78, 5) is 24.1. The smallest absolute Gasteiger partial charge is 0.269 e. The van der Waals surface area contributed by atoms with Crippen molar-refractivity contribution in [1.82, 2.24) is 5.43 Å². The summed E-state index contributed by atoms with van der Waals surface area (Å²) in [7, 11) is 0. The number of rotatable bonds is 6. The second kappa shape index (κ2) is 9.23. The van der Waals surface area contributed by atoms with Gasteiger partial charge in [-0.05, 0) is 24.6 Å². The minimum absolute atomic E-state index is 0.0204. The van der Waals surface area contributed by atoms with Gasteiger partial charge in [-0.1, -0.05) is 30.3 Å². The van der Waals surface area contributed by atoms with Crippen molar-refractivity contribution in [1.29, 1.82) is 0 Å². The van der Waals surface area contributed by atoms with Crippen molar-refractivity contribution >= 4 is 17.3 Å². The highest BCUT2D eigenvalue weighted by Crippen LogP contribution is 2.13. The highest BCUT2D eigenvalue weighted by Gasteiger charge is 2.27. The van der Waals surface area contributed by atoms with Crippen LogP contribution in [0.5, 0.6) is 0 Å². The van der Waals surface area contributed by atoms with E-state index in [1.165, 1.54) is 4.90 Å². The molecule has 2 N–H and O–H groups in total. The Balaban J connectivity index is 1.46. The summed E-state index contributed by atoms with van der Waals surface area (Å²) in [5.41, 5.74) is 5.67. The number of likely N-dealkylation sites (tertiary alicyclic amines) is 1. The number of benzene rings is 2. The number of carbonyl (C=O) groups excluding carboxylic acids is 1. The van der Waals surface area contributed by atoms with E-state index < -0.39 is 0 Å². The van der Waals surface area contributed by atoms with Crippen molar-refractivity contribution in [2.75, 3.05) is 13.1 Å². The maximum atomic E-state index is 12.4. The van der Waals surface area contributed by atoms with Gasteiger partial charge in [-0.15, -0.1) is 0 Å². The number of hydrogen-bond donors (Lipinski definition) is 2. The molecule has 0 radical (unpaired) electrons. The van der Waals surface area contributed by atoms with Gasteiger partial charge in [-0.3, -0.25) is 14.9 Å². The monoisotopic (exact) mass is 381 g/mol. The van der Waals surface area contributed by atoms with Crippen molar-refractivity contribution < 1.29 is 14.6 Å². The van der Waals surface area contributed by atoms with E-state index in [1.807, 2.05) is 49.4 Å². The third-order valence-electron chi connectivity index (χ3n) is 5.19. The van der Waals surface area contributed by atoms with E-state index >= 15 is 0 Å². The first kappa shape index (κ1) is 19.7. The lowest BCUT2D eigenvalue weighted by molar-refractivity contribution is -0.919. The van der Waals surface area contributed by atoms with Gasteiger partial charge in [0.2, 0.25) is 5.91 Å². The molecule has 2 aromatic rings. The summed E-state index contributed by atoms with van der Waals surface area (Å²) < 4.78 is 0. The molecule has 1 aliphatic heterocycles. The van der Waals surface area contributed by atoms with Crippen LogP contribution in [0.15, 0.2) is 59.7 Å². The van der Waals surface area contributed by atoms with E-state index in [4.69, 9.17) is 0 Å². The highest BCUT2D eigenvalue weighted by molar-refractivity contribution is 5.99. The number of piperidine rings is 1. The maximum absolute atomic E-state index is 12.4. The molecule has 1 saturated heterocycles. The average Bonchev–Trinajstić information content (AvgIpc) is 2.73.